The average molecular weight is 488 g/mol. The maximum atomic E-state index is 14.7. The molecule has 1 aromatic carbocycles. The van der Waals surface area contributed by atoms with Gasteiger partial charge in [0.2, 0.25) is 5.91 Å². The van der Waals surface area contributed by atoms with Gasteiger partial charge < -0.3 is 4.90 Å². The highest BCUT2D eigenvalue weighted by Crippen LogP contribution is 2.57. The number of alkyl halides is 2. The average Bonchev–Trinajstić information content (AvgIpc) is 3.62. The van der Waals surface area contributed by atoms with Crippen molar-refractivity contribution in [2.45, 2.75) is 63.5 Å². The van der Waals surface area contributed by atoms with Gasteiger partial charge in [0, 0.05) is 47.8 Å². The lowest BCUT2D eigenvalue weighted by molar-refractivity contribution is -0.153. The minimum atomic E-state index is -2.69. The minimum Gasteiger partial charge on any atom is -0.341 e. The fourth-order valence-electron chi connectivity index (χ4n) is 6.33. The summed E-state index contributed by atoms with van der Waals surface area (Å²) in [4.78, 5) is 16.1. The van der Waals surface area contributed by atoms with E-state index in [9.17, 15) is 13.6 Å². The number of carbonyl (C=O) groups is 1. The third-order valence-corrected chi connectivity index (χ3v) is 8.66. The topological polar surface area (TPSA) is 54.3 Å². The lowest BCUT2D eigenvalue weighted by atomic mass is 9.57. The van der Waals surface area contributed by atoms with E-state index in [0.29, 0.717) is 42.7 Å². The molecular formula is C25H28ClF2N5O. The number of nitrogens with zero attached hydrogens (tertiary/aromatic N) is 5. The molecule has 9 heteroatoms. The summed E-state index contributed by atoms with van der Waals surface area (Å²) in [6.07, 6.45) is 5.29. The number of aromatic nitrogens is 3. The molecule has 34 heavy (non-hydrogen) atoms. The number of halogens is 3. The number of hydrogen-bond donors (Lipinski definition) is 0. The number of hydrogen-bond acceptors (Lipinski definition) is 4. The van der Waals surface area contributed by atoms with E-state index in [2.05, 4.69) is 14.8 Å². The predicted octanol–water partition coefficient (Wildman–Crippen LogP) is 4.40. The number of likely N-dealkylation sites (tertiary alicyclic amines) is 1. The van der Waals surface area contributed by atoms with Crippen LogP contribution >= 0.6 is 11.6 Å². The molecule has 0 N–H and O–H groups in total. The zero-order valence-corrected chi connectivity index (χ0v) is 19.8. The van der Waals surface area contributed by atoms with Crippen molar-refractivity contribution >= 4 is 17.5 Å². The van der Waals surface area contributed by atoms with Crippen LogP contribution in [0.15, 0.2) is 18.2 Å². The lowest BCUT2D eigenvalue weighted by Gasteiger charge is -2.58. The van der Waals surface area contributed by atoms with Gasteiger partial charge in [-0.05, 0) is 62.3 Å². The zero-order valence-electron chi connectivity index (χ0n) is 19.0. The Morgan fingerprint density at radius 3 is 2.59 bits per heavy atom. The molecule has 1 spiro atoms. The molecule has 0 unspecified atom stereocenters. The van der Waals surface area contributed by atoms with Gasteiger partial charge in [0.1, 0.15) is 5.82 Å². The van der Waals surface area contributed by atoms with E-state index < -0.39 is 11.8 Å². The van der Waals surface area contributed by atoms with Crippen LogP contribution in [0.3, 0.4) is 0 Å². The second-order valence-corrected chi connectivity index (χ2v) is 11.8. The first-order valence-corrected chi connectivity index (χ1v) is 12.8. The van der Waals surface area contributed by atoms with Crippen molar-refractivity contribution in [3.05, 3.63) is 40.4 Å². The van der Waals surface area contributed by atoms with Crippen LogP contribution in [0.2, 0.25) is 5.02 Å². The van der Waals surface area contributed by atoms with Crippen LogP contribution in [0, 0.1) is 17.3 Å². The van der Waals surface area contributed by atoms with E-state index in [4.69, 9.17) is 11.6 Å². The Labute approximate surface area is 202 Å². The van der Waals surface area contributed by atoms with Crippen LogP contribution in [-0.2, 0) is 17.9 Å². The van der Waals surface area contributed by atoms with Crippen molar-refractivity contribution in [3.63, 3.8) is 0 Å². The summed E-state index contributed by atoms with van der Waals surface area (Å²) >= 11 is 6.30. The van der Waals surface area contributed by atoms with E-state index in [0.717, 1.165) is 55.8 Å². The van der Waals surface area contributed by atoms with Crippen LogP contribution in [0.25, 0.3) is 5.69 Å². The molecule has 1 saturated heterocycles. The summed E-state index contributed by atoms with van der Waals surface area (Å²) in [6.45, 7) is 2.19. The van der Waals surface area contributed by atoms with Crippen molar-refractivity contribution in [1.82, 2.24) is 24.6 Å². The first kappa shape index (κ1) is 21.2. The van der Waals surface area contributed by atoms with Crippen molar-refractivity contribution in [2.75, 3.05) is 19.6 Å². The summed E-state index contributed by atoms with van der Waals surface area (Å²) in [7, 11) is 0. The maximum absolute atomic E-state index is 14.7. The van der Waals surface area contributed by atoms with Crippen LogP contribution in [-0.4, -0.2) is 56.0 Å². The molecule has 3 heterocycles. The van der Waals surface area contributed by atoms with Crippen LogP contribution < -0.4 is 0 Å². The van der Waals surface area contributed by atoms with Gasteiger partial charge in [0.25, 0.3) is 5.92 Å². The second-order valence-electron chi connectivity index (χ2n) is 11.3. The van der Waals surface area contributed by atoms with Gasteiger partial charge in [-0.3, -0.25) is 14.3 Å². The second kappa shape index (κ2) is 7.23. The monoisotopic (exact) mass is 487 g/mol. The van der Waals surface area contributed by atoms with Gasteiger partial charge in [0.15, 0.2) is 5.82 Å². The zero-order chi connectivity index (χ0) is 23.2. The molecule has 5 aliphatic rings. The van der Waals surface area contributed by atoms with Crippen LogP contribution in [0.4, 0.5) is 8.78 Å². The third-order valence-electron chi connectivity index (χ3n) is 8.42. The first-order chi connectivity index (χ1) is 16.3. The highest BCUT2D eigenvalue weighted by molar-refractivity contribution is 6.30. The van der Waals surface area contributed by atoms with E-state index >= 15 is 0 Å². The van der Waals surface area contributed by atoms with Crippen molar-refractivity contribution in [1.29, 1.82) is 0 Å². The molecule has 3 saturated carbocycles. The summed E-state index contributed by atoms with van der Waals surface area (Å²) < 4.78 is 31.5. The number of fused-ring (bicyclic) bond motifs is 3. The minimum absolute atomic E-state index is 0.216. The molecule has 4 fully saturated rings. The maximum Gasteiger partial charge on any atom is 0.263 e. The molecule has 1 aromatic heterocycles. The summed E-state index contributed by atoms with van der Waals surface area (Å²) in [6, 6.07) is 5.69. The van der Waals surface area contributed by atoms with Gasteiger partial charge in [-0.25, -0.2) is 8.78 Å². The molecule has 0 atom stereocenters. The standard InChI is InChI=1S/C25H28ClF2N5O/c26-19-5-6-20-16(7-19)10-31(14-25(27,28)18-3-4-18)11-21-29-30-22(33(20)21)17-8-24(9-17)12-32(13-24)23(34)15-1-2-15/h5-7,15,17-18H,1-4,8-14H2. The van der Waals surface area contributed by atoms with Gasteiger partial charge in [-0.1, -0.05) is 11.6 Å². The largest absolute Gasteiger partial charge is 0.341 e. The van der Waals surface area contributed by atoms with Crippen molar-refractivity contribution < 1.29 is 13.6 Å². The SMILES string of the molecule is O=C(C1CC1)N1CC2(CC(c3nnc4n3-c3ccc(Cl)cc3CN(CC(F)(F)C3CC3)C4)C2)C1. The highest BCUT2D eigenvalue weighted by atomic mass is 35.5. The van der Waals surface area contributed by atoms with Gasteiger partial charge in [0.05, 0.1) is 18.8 Å². The van der Waals surface area contributed by atoms with Gasteiger partial charge in [-0.2, -0.15) is 0 Å². The smallest absolute Gasteiger partial charge is 0.263 e. The number of rotatable bonds is 5. The fraction of sp³-hybridized carbons (Fsp3) is 0.640. The van der Waals surface area contributed by atoms with Crippen LogP contribution in [0.1, 0.15) is 61.7 Å². The lowest BCUT2D eigenvalue weighted by Crippen LogP contribution is -2.63. The quantitative estimate of drug-likeness (QED) is 0.627. The molecule has 0 bridgehead atoms. The predicted molar refractivity (Wildman–Crippen MR) is 122 cm³/mol. The molecule has 3 aliphatic carbocycles. The van der Waals surface area contributed by atoms with E-state index in [1.54, 1.807) is 4.90 Å². The molecule has 1 amide bonds. The number of carbonyl (C=O) groups excluding carboxylic acids is 1. The molecule has 6 nitrogen and oxygen atoms in total. The molecule has 0 radical (unpaired) electrons. The summed E-state index contributed by atoms with van der Waals surface area (Å²) in [5.74, 6) is -0.691. The van der Waals surface area contributed by atoms with E-state index in [1.165, 1.54) is 0 Å². The van der Waals surface area contributed by atoms with Gasteiger partial charge >= 0.3 is 0 Å². The Morgan fingerprint density at radius 1 is 1.12 bits per heavy atom. The normalized spacial score (nSPS) is 24.3. The Balaban J connectivity index is 1.14. The first-order valence-electron chi connectivity index (χ1n) is 12.4. The molecule has 2 aliphatic heterocycles. The Bertz CT molecular complexity index is 1160. The Morgan fingerprint density at radius 2 is 1.88 bits per heavy atom. The van der Waals surface area contributed by atoms with E-state index in [-0.39, 0.29) is 23.8 Å². The van der Waals surface area contributed by atoms with Crippen molar-refractivity contribution in [2.24, 2.45) is 17.3 Å². The fourth-order valence-corrected chi connectivity index (χ4v) is 6.53. The van der Waals surface area contributed by atoms with Crippen molar-refractivity contribution in [3.8, 4) is 5.69 Å². The summed E-state index contributed by atoms with van der Waals surface area (Å²) in [5.41, 5.74) is 2.09. The summed E-state index contributed by atoms with van der Waals surface area (Å²) in [5, 5.41) is 9.64. The third kappa shape index (κ3) is 3.48. The van der Waals surface area contributed by atoms with Crippen LogP contribution in [0.5, 0.6) is 0 Å². The number of amides is 1. The highest BCUT2D eigenvalue weighted by Gasteiger charge is 2.56. The number of benzene rings is 1. The van der Waals surface area contributed by atoms with Gasteiger partial charge in [-0.15, -0.1) is 10.2 Å². The Kier molecular flexibility index (Phi) is 4.52. The molecule has 7 rings (SSSR count). The molecular weight excluding hydrogens is 460 g/mol. The van der Waals surface area contributed by atoms with E-state index in [1.807, 2.05) is 23.1 Å². The Hall–Kier alpha value is -2.06. The molecule has 2 aromatic rings. The molecule has 180 valence electrons.